The maximum absolute atomic E-state index is 14.3. The monoisotopic (exact) mass is 766 g/mol. The summed E-state index contributed by atoms with van der Waals surface area (Å²) in [6, 6.07) is 52.4. The molecule has 8 heteroatoms. The van der Waals surface area contributed by atoms with Gasteiger partial charge in [-0.25, -0.2) is 15.2 Å². The molecule has 292 valence electrons. The molecule has 2 aliphatic rings. The first-order valence-corrected chi connectivity index (χ1v) is 20.0. The average molecular weight is 767 g/mol. The number of ether oxygens (including phenoxy) is 1. The largest absolute Gasteiger partial charge is 0.442 e. The van der Waals surface area contributed by atoms with Gasteiger partial charge >= 0.3 is 6.09 Å². The fraction of sp³-hybridized carbons (Fsp3) is 0.220. The van der Waals surface area contributed by atoms with Gasteiger partial charge in [0.15, 0.2) is 6.17 Å². The molecule has 1 amide bonds. The number of hydrogen-bond acceptors (Lipinski definition) is 7. The summed E-state index contributed by atoms with van der Waals surface area (Å²) in [5.74, 6) is 0. The Kier molecular flexibility index (Phi) is 10.4. The van der Waals surface area contributed by atoms with Gasteiger partial charge in [0.2, 0.25) is 0 Å². The normalized spacial score (nSPS) is 16.4. The van der Waals surface area contributed by atoms with E-state index in [2.05, 4.69) is 134 Å². The van der Waals surface area contributed by atoms with Crippen LogP contribution in [0.2, 0.25) is 0 Å². The third-order valence-corrected chi connectivity index (χ3v) is 11.1. The highest BCUT2D eigenvalue weighted by Gasteiger charge is 2.52. The van der Waals surface area contributed by atoms with E-state index >= 15 is 0 Å². The zero-order valence-corrected chi connectivity index (χ0v) is 34.0. The van der Waals surface area contributed by atoms with Crippen LogP contribution in [0.1, 0.15) is 78.4 Å². The van der Waals surface area contributed by atoms with Crippen LogP contribution < -0.4 is 10.4 Å². The summed E-state index contributed by atoms with van der Waals surface area (Å²) in [7, 11) is 0. The first-order valence-electron chi connectivity index (χ1n) is 20.0. The number of rotatable bonds is 9. The highest BCUT2D eigenvalue weighted by atomic mass is 16.6. The molecule has 6 aromatic rings. The number of amides is 1. The molecular formula is C50H50N6O2. The van der Waals surface area contributed by atoms with Gasteiger partial charge in [-0.05, 0) is 102 Å². The fourth-order valence-corrected chi connectivity index (χ4v) is 8.18. The summed E-state index contributed by atoms with van der Waals surface area (Å²) in [6.45, 7) is 12.8. The topological polar surface area (TPSA) is 72.8 Å². The molecule has 0 fully saturated rings. The number of fused-ring (bicyclic) bond motifs is 1. The number of aryl methyl sites for hydroxylation is 1. The smallest absolute Gasteiger partial charge is 0.434 e. The molecule has 0 spiro atoms. The van der Waals surface area contributed by atoms with E-state index in [-0.39, 0.29) is 6.04 Å². The van der Waals surface area contributed by atoms with Crippen LogP contribution in [0.5, 0.6) is 0 Å². The number of nitrogens with zero attached hydrogens (tertiary/aromatic N) is 5. The van der Waals surface area contributed by atoms with Gasteiger partial charge in [0, 0.05) is 12.1 Å². The molecule has 2 atom stereocenters. The van der Waals surface area contributed by atoms with E-state index in [9.17, 15) is 4.79 Å². The number of hydrazine groups is 1. The van der Waals surface area contributed by atoms with Crippen molar-refractivity contribution in [3.63, 3.8) is 0 Å². The van der Waals surface area contributed by atoms with Gasteiger partial charge in [0.05, 0.1) is 11.7 Å². The van der Waals surface area contributed by atoms with E-state index in [4.69, 9.17) is 9.96 Å². The fourth-order valence-electron chi connectivity index (χ4n) is 8.18. The molecule has 2 unspecified atom stereocenters. The maximum Gasteiger partial charge on any atom is 0.434 e. The molecule has 2 aliphatic heterocycles. The van der Waals surface area contributed by atoms with E-state index in [1.54, 1.807) is 0 Å². The van der Waals surface area contributed by atoms with Crippen LogP contribution in [-0.4, -0.2) is 27.8 Å². The lowest BCUT2D eigenvalue weighted by molar-refractivity contribution is -0.00517. The highest BCUT2D eigenvalue weighted by molar-refractivity contribution is 5.76. The van der Waals surface area contributed by atoms with Crippen LogP contribution in [0.4, 0.5) is 10.5 Å². The average Bonchev–Trinajstić information content (AvgIpc) is 3.68. The van der Waals surface area contributed by atoms with Crippen molar-refractivity contribution in [2.24, 2.45) is 10.4 Å². The summed E-state index contributed by atoms with van der Waals surface area (Å²) >= 11 is 0. The minimum absolute atomic E-state index is 0.201. The highest BCUT2D eigenvalue weighted by Crippen LogP contribution is 2.51. The molecule has 8 rings (SSSR count). The minimum atomic E-state index is -1.01. The molecule has 8 nitrogen and oxygen atoms in total. The van der Waals surface area contributed by atoms with Gasteiger partial charge in [-0.3, -0.25) is 0 Å². The van der Waals surface area contributed by atoms with Crippen molar-refractivity contribution in [2.75, 3.05) is 5.01 Å². The molecule has 0 aromatic heterocycles. The molecule has 6 aromatic carbocycles. The molecule has 0 bridgehead atoms. The first kappa shape index (κ1) is 38.4. The second-order valence-corrected chi connectivity index (χ2v) is 16.1. The second-order valence-electron chi connectivity index (χ2n) is 16.1. The number of anilines is 1. The van der Waals surface area contributed by atoms with Gasteiger partial charge < -0.3 is 9.75 Å². The molecule has 58 heavy (non-hydrogen) atoms. The number of carbonyl (C=O) groups is 1. The van der Waals surface area contributed by atoms with Crippen molar-refractivity contribution in [2.45, 2.75) is 71.4 Å². The summed E-state index contributed by atoms with van der Waals surface area (Å²) < 4.78 is 6.02. The quantitative estimate of drug-likeness (QED) is 0.148. The summed E-state index contributed by atoms with van der Waals surface area (Å²) in [5, 5.41) is 15.2. The zero-order valence-electron chi connectivity index (χ0n) is 34.0. The second kappa shape index (κ2) is 15.8. The Hall–Kier alpha value is -6.51. The Balaban J connectivity index is 1.21. The Labute approximate surface area is 342 Å². The van der Waals surface area contributed by atoms with E-state index in [0.717, 1.165) is 38.9 Å². The van der Waals surface area contributed by atoms with Crippen LogP contribution in [-0.2, 0) is 16.8 Å². The van der Waals surface area contributed by atoms with Crippen molar-refractivity contribution < 1.29 is 9.53 Å². The maximum atomic E-state index is 14.3. The van der Waals surface area contributed by atoms with Crippen molar-refractivity contribution in [1.82, 2.24) is 15.4 Å². The number of benzene rings is 6. The van der Waals surface area contributed by atoms with E-state index in [1.807, 2.05) is 92.5 Å². The Bertz CT molecular complexity index is 2350. The van der Waals surface area contributed by atoms with E-state index < -0.39 is 23.4 Å². The molecule has 0 aliphatic carbocycles. The Morgan fingerprint density at radius 1 is 0.707 bits per heavy atom. The molecule has 0 saturated heterocycles. The van der Waals surface area contributed by atoms with Gasteiger partial charge in [-0.2, -0.15) is 0 Å². The first-order chi connectivity index (χ1) is 28.1. The molecule has 1 N–H and O–H groups in total. The van der Waals surface area contributed by atoms with Crippen LogP contribution in [0.15, 0.2) is 168 Å². The minimum Gasteiger partial charge on any atom is -0.442 e. The van der Waals surface area contributed by atoms with Crippen LogP contribution in [0.3, 0.4) is 0 Å². The predicted octanol–water partition coefficient (Wildman–Crippen LogP) is 11.7. The zero-order chi connectivity index (χ0) is 40.4. The van der Waals surface area contributed by atoms with Crippen LogP contribution in [0, 0.1) is 13.8 Å². The third-order valence-electron chi connectivity index (χ3n) is 11.1. The van der Waals surface area contributed by atoms with Crippen LogP contribution in [0.25, 0.3) is 17.2 Å². The SMILES string of the molecule is Cc1ccc2c(c1C)N(NCc1ccc(-c3ccccc3C3N(C(=O)OC(C)(C)C)N=NN3C(c3ccccc3)(c3ccccc3)c3ccccc3)cc1)C(C)C=C2. The summed E-state index contributed by atoms with van der Waals surface area (Å²) in [6.07, 6.45) is 3.07. The van der Waals surface area contributed by atoms with Crippen molar-refractivity contribution in [1.29, 1.82) is 0 Å². The van der Waals surface area contributed by atoms with E-state index in [1.165, 1.54) is 27.4 Å². The number of nitrogens with one attached hydrogen (secondary N) is 1. The molecule has 0 saturated carbocycles. The van der Waals surface area contributed by atoms with E-state index in [0.29, 0.717) is 6.54 Å². The van der Waals surface area contributed by atoms with Gasteiger partial charge in [-0.15, -0.1) is 5.01 Å². The van der Waals surface area contributed by atoms with Crippen molar-refractivity contribution >= 4 is 17.9 Å². The number of hydrogen-bond donors (Lipinski definition) is 1. The van der Waals surface area contributed by atoms with Gasteiger partial charge in [-0.1, -0.05) is 164 Å². The lowest BCUT2D eigenvalue weighted by Gasteiger charge is -2.45. The third kappa shape index (κ3) is 7.16. The Morgan fingerprint density at radius 3 is 1.86 bits per heavy atom. The summed E-state index contributed by atoms with van der Waals surface area (Å²) in [4.78, 5) is 14.3. The van der Waals surface area contributed by atoms with Crippen LogP contribution >= 0.6 is 0 Å². The lowest BCUT2D eigenvalue weighted by atomic mass is 9.75. The molecule has 0 radical (unpaired) electrons. The lowest BCUT2D eigenvalue weighted by Crippen LogP contribution is -2.49. The van der Waals surface area contributed by atoms with Gasteiger partial charge in [0.25, 0.3) is 0 Å². The Morgan fingerprint density at radius 2 is 1.28 bits per heavy atom. The summed E-state index contributed by atoms with van der Waals surface area (Å²) in [5.41, 5.74) is 13.8. The molecule has 2 heterocycles. The van der Waals surface area contributed by atoms with Crippen molar-refractivity contribution in [3.8, 4) is 11.1 Å². The standard InChI is InChI=1S/C50H50N6O2/c1-35-26-30-40-31-27-36(2)54(46(40)37(35)3)51-34-38-28-32-39(33-29-38)44-24-16-17-25-45(44)47-55(48(57)58-49(4,5)6)52-53-56(47)50(41-18-10-7-11-19-41,42-20-12-8-13-21-42)43-22-14-9-15-23-43/h7-33,36,47,51H,34H2,1-6H3. The molecular weight excluding hydrogens is 717 g/mol. The number of carbonyl (C=O) groups excluding carboxylic acids is 1. The van der Waals surface area contributed by atoms with Gasteiger partial charge in [0.1, 0.15) is 11.1 Å². The predicted molar refractivity (Wildman–Crippen MR) is 232 cm³/mol. The van der Waals surface area contributed by atoms with Crippen molar-refractivity contribution in [3.05, 3.63) is 202 Å².